The molecule has 0 aliphatic carbocycles. The number of amides is 4. The fourth-order valence-corrected chi connectivity index (χ4v) is 6.76. The molecule has 274 valence electrons. The van der Waals surface area contributed by atoms with Crippen LogP contribution < -0.4 is 15.4 Å². The van der Waals surface area contributed by atoms with E-state index in [1.807, 2.05) is 26.0 Å². The number of carbonyl (C=O) groups excluding carboxylic acids is 4. The van der Waals surface area contributed by atoms with Gasteiger partial charge in [0.15, 0.2) is 6.61 Å². The molecule has 3 atom stereocenters. The average Bonchev–Trinajstić information content (AvgIpc) is 3.81. The van der Waals surface area contributed by atoms with Gasteiger partial charge in [-0.2, -0.15) is 4.98 Å². The summed E-state index contributed by atoms with van der Waals surface area (Å²) in [5.41, 5.74) is 1.10. The van der Waals surface area contributed by atoms with Gasteiger partial charge in [0.25, 0.3) is 5.91 Å². The molecule has 2 aromatic heterocycles. The van der Waals surface area contributed by atoms with Crippen molar-refractivity contribution in [2.24, 2.45) is 5.92 Å². The van der Waals surface area contributed by atoms with Crippen molar-refractivity contribution in [1.29, 1.82) is 0 Å². The van der Waals surface area contributed by atoms with Crippen LogP contribution in [-0.4, -0.2) is 86.8 Å². The molecule has 2 bridgehead atoms. The van der Waals surface area contributed by atoms with Crippen molar-refractivity contribution in [3.8, 4) is 5.75 Å². The number of likely N-dealkylation sites (N-methyl/N-ethyl adjacent to an activating group) is 1. The first-order chi connectivity index (χ1) is 24.7. The van der Waals surface area contributed by atoms with Crippen LogP contribution in [-0.2, 0) is 33.8 Å². The molecule has 0 spiro atoms. The highest BCUT2D eigenvalue weighted by molar-refractivity contribution is 6.00. The maximum atomic E-state index is 14.2. The first kappa shape index (κ1) is 37.4. The van der Waals surface area contributed by atoms with E-state index in [0.717, 1.165) is 44.1 Å². The second-order valence-corrected chi connectivity index (χ2v) is 13.9. The van der Waals surface area contributed by atoms with Gasteiger partial charge < -0.3 is 29.7 Å². The maximum absolute atomic E-state index is 14.2. The number of rotatable bonds is 4. The minimum atomic E-state index is -0.878. The van der Waals surface area contributed by atoms with Crippen LogP contribution in [0, 0.1) is 5.92 Å². The SMILES string of the molecule is CC(C)C[C@H]1NC(=O)c2ccccc2OCc2noc(n2)CCCCCCCCNC(=O)[C@H](Cc2cccnc2)N(C)C(=O)[C@H]2CCCN2C1=O. The van der Waals surface area contributed by atoms with Crippen LogP contribution in [0.5, 0.6) is 5.75 Å². The fraction of sp³-hybridized carbons (Fsp3) is 0.553. The van der Waals surface area contributed by atoms with E-state index in [4.69, 9.17) is 9.26 Å². The van der Waals surface area contributed by atoms with E-state index in [-0.39, 0.29) is 42.2 Å². The molecule has 1 fully saturated rings. The Kier molecular flexibility index (Phi) is 13.5. The number of nitrogens with zero attached hydrogens (tertiary/aromatic N) is 5. The van der Waals surface area contributed by atoms with E-state index in [1.54, 1.807) is 48.6 Å². The third-order valence-electron chi connectivity index (χ3n) is 9.52. The summed E-state index contributed by atoms with van der Waals surface area (Å²) < 4.78 is 11.4. The van der Waals surface area contributed by atoms with Crippen molar-refractivity contribution in [2.75, 3.05) is 20.1 Å². The Morgan fingerprint density at radius 1 is 0.941 bits per heavy atom. The van der Waals surface area contributed by atoms with E-state index in [1.165, 1.54) is 4.90 Å². The third kappa shape index (κ3) is 10.4. The van der Waals surface area contributed by atoms with Gasteiger partial charge in [-0.1, -0.05) is 62.9 Å². The Hall–Kier alpha value is -4.81. The lowest BCUT2D eigenvalue weighted by Gasteiger charge is -2.34. The molecule has 2 aliphatic rings. The smallest absolute Gasteiger partial charge is 0.255 e. The Balaban J connectivity index is 1.39. The zero-order valence-electron chi connectivity index (χ0n) is 30.0. The Morgan fingerprint density at radius 3 is 2.51 bits per heavy atom. The largest absolute Gasteiger partial charge is 0.485 e. The quantitative estimate of drug-likeness (QED) is 0.405. The third-order valence-corrected chi connectivity index (χ3v) is 9.52. The van der Waals surface area contributed by atoms with Gasteiger partial charge in [-0.15, -0.1) is 0 Å². The molecule has 4 heterocycles. The minimum absolute atomic E-state index is 0.0194. The fourth-order valence-electron chi connectivity index (χ4n) is 6.76. The van der Waals surface area contributed by atoms with E-state index in [9.17, 15) is 19.2 Å². The molecule has 2 aliphatic heterocycles. The zero-order valence-corrected chi connectivity index (χ0v) is 30.0. The first-order valence-corrected chi connectivity index (χ1v) is 18.3. The molecule has 13 nitrogen and oxygen atoms in total. The van der Waals surface area contributed by atoms with Crippen LogP contribution in [0.25, 0.3) is 0 Å². The molecule has 1 aromatic carbocycles. The van der Waals surface area contributed by atoms with Crippen molar-refractivity contribution < 1.29 is 28.4 Å². The number of hydrogen-bond donors (Lipinski definition) is 2. The van der Waals surface area contributed by atoms with Gasteiger partial charge in [-0.25, -0.2) is 0 Å². The molecule has 2 N–H and O–H groups in total. The molecule has 0 saturated carbocycles. The van der Waals surface area contributed by atoms with Gasteiger partial charge in [0, 0.05) is 45.4 Å². The van der Waals surface area contributed by atoms with E-state index in [0.29, 0.717) is 56.2 Å². The first-order valence-electron chi connectivity index (χ1n) is 18.3. The zero-order chi connectivity index (χ0) is 36.2. The molecule has 51 heavy (non-hydrogen) atoms. The highest BCUT2D eigenvalue weighted by atomic mass is 16.5. The lowest BCUT2D eigenvalue weighted by Crippen LogP contribution is -2.57. The Morgan fingerprint density at radius 2 is 1.73 bits per heavy atom. The molecule has 5 rings (SSSR count). The van der Waals surface area contributed by atoms with E-state index in [2.05, 4.69) is 25.8 Å². The highest BCUT2D eigenvalue weighted by Gasteiger charge is 2.41. The predicted octanol–water partition coefficient (Wildman–Crippen LogP) is 4.26. The predicted molar refractivity (Wildman–Crippen MR) is 189 cm³/mol. The van der Waals surface area contributed by atoms with Crippen molar-refractivity contribution in [3.05, 3.63) is 71.6 Å². The monoisotopic (exact) mass is 701 g/mol. The standard InChI is InChI=1S/C38H51N7O6/c1-26(2)22-29-37(48)45-21-13-16-30(45)38(49)44(3)31(23-27-14-12-19-39-24-27)36(47)40-20-11-7-5-4-6-8-18-34-42-33(43-51-34)25-50-32-17-10-9-15-28(32)35(46)41-29/h9-10,12,14-15,17,19,24,26,29-31H,4-8,11,13,16,18,20-23,25H2,1-3H3,(H,40,47)(H,41,46)/t29-,30-,31+/m1/s1. The molecular weight excluding hydrogens is 650 g/mol. The van der Waals surface area contributed by atoms with Crippen molar-refractivity contribution in [3.63, 3.8) is 0 Å². The molecule has 0 unspecified atom stereocenters. The summed E-state index contributed by atoms with van der Waals surface area (Å²) in [4.78, 5) is 67.6. The van der Waals surface area contributed by atoms with E-state index >= 15 is 0 Å². The summed E-state index contributed by atoms with van der Waals surface area (Å²) in [6.45, 7) is 4.86. The lowest BCUT2D eigenvalue weighted by atomic mass is 10.0. The summed E-state index contributed by atoms with van der Waals surface area (Å²) in [6, 6.07) is 8.10. The number of aryl methyl sites for hydroxylation is 1. The van der Waals surface area contributed by atoms with Crippen LogP contribution in [0.1, 0.15) is 99.3 Å². The molecule has 3 aromatic rings. The van der Waals surface area contributed by atoms with Gasteiger partial charge in [-0.3, -0.25) is 24.2 Å². The minimum Gasteiger partial charge on any atom is -0.485 e. The summed E-state index contributed by atoms with van der Waals surface area (Å²) in [7, 11) is 1.64. The van der Waals surface area contributed by atoms with Crippen LogP contribution >= 0.6 is 0 Å². The molecule has 0 radical (unpaired) electrons. The number of carbonyl (C=O) groups is 4. The van der Waals surface area contributed by atoms with Crippen molar-refractivity contribution >= 4 is 23.6 Å². The number of ether oxygens (including phenoxy) is 1. The number of para-hydroxylation sites is 1. The van der Waals surface area contributed by atoms with Crippen LogP contribution in [0.3, 0.4) is 0 Å². The van der Waals surface area contributed by atoms with Gasteiger partial charge in [0.05, 0.1) is 5.56 Å². The van der Waals surface area contributed by atoms with Gasteiger partial charge in [0.2, 0.25) is 29.4 Å². The van der Waals surface area contributed by atoms with Gasteiger partial charge in [0.1, 0.15) is 23.9 Å². The highest BCUT2D eigenvalue weighted by Crippen LogP contribution is 2.25. The van der Waals surface area contributed by atoms with Gasteiger partial charge >= 0.3 is 0 Å². The summed E-state index contributed by atoms with van der Waals surface area (Å²) in [5, 5.41) is 10.1. The molecular formula is C38H51N7O6. The Bertz CT molecular complexity index is 1610. The molecule has 13 heteroatoms. The van der Waals surface area contributed by atoms with Crippen LogP contribution in [0.15, 0.2) is 53.3 Å². The van der Waals surface area contributed by atoms with Crippen LogP contribution in [0.4, 0.5) is 0 Å². The second-order valence-electron chi connectivity index (χ2n) is 13.9. The Labute approximate surface area is 299 Å². The number of fused-ring (bicyclic) bond motifs is 4. The van der Waals surface area contributed by atoms with E-state index < -0.39 is 24.0 Å². The molecule has 4 amide bonds. The number of pyridine rings is 1. The summed E-state index contributed by atoms with van der Waals surface area (Å²) >= 11 is 0. The average molecular weight is 702 g/mol. The second kappa shape index (κ2) is 18.4. The summed E-state index contributed by atoms with van der Waals surface area (Å²) in [6.07, 6.45) is 11.6. The maximum Gasteiger partial charge on any atom is 0.255 e. The van der Waals surface area contributed by atoms with Crippen LogP contribution in [0.2, 0.25) is 0 Å². The number of aromatic nitrogens is 3. The summed E-state index contributed by atoms with van der Waals surface area (Å²) in [5.74, 6) is -0.00263. The number of nitrogens with one attached hydrogen (secondary N) is 2. The molecule has 1 saturated heterocycles. The normalized spacial score (nSPS) is 22.2. The lowest BCUT2D eigenvalue weighted by molar-refractivity contribution is -0.147. The van der Waals surface area contributed by atoms with Gasteiger partial charge in [-0.05, 0) is 61.8 Å². The number of hydrogen-bond acceptors (Lipinski definition) is 9. The van der Waals surface area contributed by atoms with Crippen molar-refractivity contribution in [1.82, 2.24) is 35.6 Å². The van der Waals surface area contributed by atoms with Crippen molar-refractivity contribution in [2.45, 2.75) is 109 Å². The topological polar surface area (TPSA) is 160 Å². The number of benzene rings is 1.